The molecule has 1 aliphatic heterocycles. The van der Waals surface area contributed by atoms with Crippen molar-refractivity contribution in [3.63, 3.8) is 0 Å². The first-order valence-electron chi connectivity index (χ1n) is 7.70. The van der Waals surface area contributed by atoms with Crippen LogP contribution in [0.25, 0.3) is 0 Å². The Morgan fingerprint density at radius 2 is 1.96 bits per heavy atom. The van der Waals surface area contributed by atoms with E-state index in [2.05, 4.69) is 10.3 Å². The summed E-state index contributed by atoms with van der Waals surface area (Å²) in [5, 5.41) is 2.58. The lowest BCUT2D eigenvalue weighted by atomic mass is 9.91. The predicted octanol–water partition coefficient (Wildman–Crippen LogP) is 1.41. The first kappa shape index (κ1) is 19.3. The molecule has 2 rings (SSSR count). The van der Waals surface area contributed by atoms with Gasteiger partial charge >= 0.3 is 0 Å². The summed E-state index contributed by atoms with van der Waals surface area (Å²) in [5.41, 5.74) is 5.30. The van der Waals surface area contributed by atoms with Gasteiger partial charge in [-0.3, -0.25) is 9.79 Å². The average Bonchev–Trinajstić information content (AvgIpc) is 2.51. The second-order valence-corrected chi connectivity index (χ2v) is 9.51. The van der Waals surface area contributed by atoms with Gasteiger partial charge in [0, 0.05) is 31.8 Å². The number of hydrogen-bond donors (Lipinski definition) is 2. The summed E-state index contributed by atoms with van der Waals surface area (Å²) in [4.78, 5) is 15.6. The van der Waals surface area contributed by atoms with E-state index in [1.165, 1.54) is 46.0 Å². The second kappa shape index (κ2) is 6.06. The van der Waals surface area contributed by atoms with Crippen molar-refractivity contribution < 1.29 is 17.6 Å². The van der Waals surface area contributed by atoms with Gasteiger partial charge in [-0.1, -0.05) is 0 Å². The van der Waals surface area contributed by atoms with Gasteiger partial charge in [-0.2, -0.15) is 0 Å². The highest BCUT2D eigenvalue weighted by Gasteiger charge is 2.48. The van der Waals surface area contributed by atoms with Crippen molar-refractivity contribution in [2.24, 2.45) is 10.7 Å². The van der Waals surface area contributed by atoms with Crippen LogP contribution in [0.4, 0.5) is 10.1 Å². The molecule has 0 spiro atoms. The van der Waals surface area contributed by atoms with Crippen molar-refractivity contribution in [2.75, 3.05) is 18.9 Å². The molecule has 0 unspecified atom stereocenters. The number of aliphatic imine (C=N–C) groups is 1. The Balaban J connectivity index is 2.65. The molecular weight excluding hydrogens is 347 g/mol. The van der Waals surface area contributed by atoms with E-state index in [4.69, 9.17) is 5.73 Å². The maximum absolute atomic E-state index is 14.5. The number of rotatable bonds is 2. The minimum Gasteiger partial charge on any atom is -0.386 e. The minimum atomic E-state index is -3.76. The number of sulfonamides is 1. The van der Waals surface area contributed by atoms with Gasteiger partial charge in [0.25, 0.3) is 0 Å². The van der Waals surface area contributed by atoms with Crippen molar-refractivity contribution in [2.45, 2.75) is 38.0 Å². The summed E-state index contributed by atoms with van der Waals surface area (Å²) >= 11 is 0. The molecule has 3 N–H and O–H groups in total. The number of hydrogen-bond acceptors (Lipinski definition) is 5. The Bertz CT molecular complexity index is 851. The highest BCUT2D eigenvalue weighted by molar-refractivity contribution is 7.91. The van der Waals surface area contributed by atoms with Gasteiger partial charge in [0.2, 0.25) is 15.9 Å². The van der Waals surface area contributed by atoms with E-state index in [0.29, 0.717) is 5.69 Å². The predicted molar refractivity (Wildman–Crippen MR) is 95.3 cm³/mol. The minimum absolute atomic E-state index is 0.0834. The van der Waals surface area contributed by atoms with Gasteiger partial charge in [0.05, 0.1) is 0 Å². The van der Waals surface area contributed by atoms with Crippen LogP contribution in [0.2, 0.25) is 0 Å². The van der Waals surface area contributed by atoms with Crippen molar-refractivity contribution in [3.05, 3.63) is 29.6 Å². The number of nitrogens with zero attached hydrogens (tertiary/aromatic N) is 2. The highest BCUT2D eigenvalue weighted by atomic mass is 32.2. The lowest BCUT2D eigenvalue weighted by Gasteiger charge is -2.29. The average molecular weight is 370 g/mol. The Kier molecular flexibility index (Phi) is 4.69. The first-order valence-corrected chi connectivity index (χ1v) is 9.14. The van der Waals surface area contributed by atoms with Crippen molar-refractivity contribution >= 4 is 27.5 Å². The zero-order valence-electron chi connectivity index (χ0n) is 14.9. The van der Waals surface area contributed by atoms with Crippen molar-refractivity contribution in [3.8, 4) is 0 Å². The summed E-state index contributed by atoms with van der Waals surface area (Å²) in [6.07, 6.45) is 0. The first-order chi connectivity index (χ1) is 11.3. The molecule has 1 aromatic rings. The van der Waals surface area contributed by atoms with Gasteiger partial charge < -0.3 is 11.1 Å². The zero-order valence-corrected chi connectivity index (χ0v) is 15.7. The van der Waals surface area contributed by atoms with Crippen LogP contribution in [-0.4, -0.2) is 42.8 Å². The van der Waals surface area contributed by atoms with E-state index < -0.39 is 26.1 Å². The Morgan fingerprint density at radius 1 is 1.36 bits per heavy atom. The van der Waals surface area contributed by atoms with Gasteiger partial charge in [-0.15, -0.1) is 0 Å². The third-order valence-electron chi connectivity index (χ3n) is 4.44. The fourth-order valence-corrected chi connectivity index (χ4v) is 4.35. The lowest BCUT2D eigenvalue weighted by molar-refractivity contribution is -0.114. The zero-order chi connectivity index (χ0) is 19.2. The number of carbonyl (C=O) groups is 1. The van der Waals surface area contributed by atoms with Gasteiger partial charge in [0.1, 0.15) is 21.9 Å². The number of nitrogens with two attached hydrogens (primary N) is 1. The Hall–Kier alpha value is -2.00. The van der Waals surface area contributed by atoms with Crippen molar-refractivity contribution in [1.82, 2.24) is 4.31 Å². The maximum atomic E-state index is 14.5. The third-order valence-corrected chi connectivity index (χ3v) is 6.89. The molecule has 0 bridgehead atoms. The molecule has 0 saturated heterocycles. The lowest BCUT2D eigenvalue weighted by Crippen LogP contribution is -2.50. The molecule has 1 atom stereocenters. The summed E-state index contributed by atoms with van der Waals surface area (Å²) in [6, 6.07) is 4.09. The molecule has 0 aromatic heterocycles. The van der Waals surface area contributed by atoms with Crippen LogP contribution in [0.5, 0.6) is 0 Å². The number of carbonyl (C=O) groups excluding carboxylic acids is 1. The number of benzene rings is 1. The number of halogens is 1. The van der Waals surface area contributed by atoms with E-state index in [9.17, 15) is 17.6 Å². The standard InChI is InChI=1S/C16H23FN4O3S/c1-10(22)19-11-6-7-13(17)12(8-11)16(4)9-21(5)25(23,24)15(2,3)14(18)20-16/h6-8H,9H2,1-5H3,(H2,18,20)(H,19,22)/t16-/m0/s1. The summed E-state index contributed by atoms with van der Waals surface area (Å²) in [5.74, 6) is -0.949. The fraction of sp³-hybridized carbons (Fsp3) is 0.500. The Labute approximate surface area is 147 Å². The maximum Gasteiger partial charge on any atom is 0.226 e. The van der Waals surface area contributed by atoms with Crippen LogP contribution in [0, 0.1) is 5.82 Å². The fourth-order valence-electron chi connectivity index (χ4n) is 2.84. The molecule has 1 heterocycles. The number of likely N-dealkylation sites (N-methyl/N-ethyl adjacent to an activating group) is 1. The van der Waals surface area contributed by atoms with E-state index >= 15 is 0 Å². The van der Waals surface area contributed by atoms with Crippen LogP contribution < -0.4 is 11.1 Å². The van der Waals surface area contributed by atoms with Crippen LogP contribution >= 0.6 is 0 Å². The third kappa shape index (κ3) is 3.25. The normalized spacial score (nSPS) is 25.8. The van der Waals surface area contributed by atoms with Crippen LogP contribution in [-0.2, 0) is 20.4 Å². The topological polar surface area (TPSA) is 105 Å². The summed E-state index contributed by atoms with van der Waals surface area (Å²) < 4.78 is 39.6. The van der Waals surface area contributed by atoms with E-state index in [1.807, 2.05) is 0 Å². The van der Waals surface area contributed by atoms with Crippen molar-refractivity contribution in [1.29, 1.82) is 0 Å². The molecule has 0 saturated carbocycles. The molecule has 1 aliphatic rings. The SMILES string of the molecule is CC(=O)Nc1ccc(F)c([C@]2(C)CN(C)S(=O)(=O)C(C)(C)C(N)=N2)c1. The molecule has 0 radical (unpaired) electrons. The number of anilines is 1. The summed E-state index contributed by atoms with van der Waals surface area (Å²) in [6.45, 7) is 5.81. The molecule has 7 nitrogen and oxygen atoms in total. The molecular formula is C16H23FN4O3S. The molecule has 0 aliphatic carbocycles. The second-order valence-electron chi connectivity index (χ2n) is 6.92. The van der Waals surface area contributed by atoms with E-state index in [1.54, 1.807) is 6.92 Å². The summed E-state index contributed by atoms with van der Waals surface area (Å²) in [7, 11) is -2.35. The molecule has 1 amide bonds. The van der Waals surface area contributed by atoms with Gasteiger partial charge in [0.15, 0.2) is 0 Å². The van der Waals surface area contributed by atoms with Gasteiger partial charge in [-0.25, -0.2) is 17.1 Å². The number of amides is 1. The molecule has 25 heavy (non-hydrogen) atoms. The monoisotopic (exact) mass is 370 g/mol. The van der Waals surface area contributed by atoms with Crippen LogP contribution in [0.15, 0.2) is 23.2 Å². The highest BCUT2D eigenvalue weighted by Crippen LogP contribution is 2.36. The quantitative estimate of drug-likeness (QED) is 0.821. The molecule has 0 fully saturated rings. The molecule has 1 aromatic carbocycles. The molecule has 138 valence electrons. The van der Waals surface area contributed by atoms with Gasteiger partial charge in [-0.05, 0) is 39.0 Å². The molecule has 9 heteroatoms. The van der Waals surface area contributed by atoms with E-state index in [0.717, 1.165) is 4.31 Å². The smallest absolute Gasteiger partial charge is 0.226 e. The van der Waals surface area contributed by atoms with E-state index in [-0.39, 0.29) is 23.9 Å². The number of amidine groups is 1. The number of nitrogens with one attached hydrogen (secondary N) is 1. The Morgan fingerprint density at radius 3 is 2.52 bits per heavy atom. The van der Waals surface area contributed by atoms with Crippen LogP contribution in [0.1, 0.15) is 33.3 Å². The largest absolute Gasteiger partial charge is 0.386 e. The van der Waals surface area contributed by atoms with Crippen LogP contribution in [0.3, 0.4) is 0 Å².